The summed E-state index contributed by atoms with van der Waals surface area (Å²) in [5.74, 6) is -0.393. The van der Waals surface area contributed by atoms with Crippen LogP contribution in [0.2, 0.25) is 5.02 Å². The molecule has 0 aromatic carbocycles. The first-order valence-electron chi connectivity index (χ1n) is 5.53. The molecule has 0 aliphatic carbocycles. The van der Waals surface area contributed by atoms with Gasteiger partial charge in [0.15, 0.2) is 5.69 Å². The molecule has 1 amide bonds. The number of nitrogens with one attached hydrogen (secondary N) is 2. The fourth-order valence-electron chi connectivity index (χ4n) is 1.48. The molecule has 0 aliphatic rings. The first kappa shape index (κ1) is 13.3. The van der Waals surface area contributed by atoms with Gasteiger partial charge in [0.25, 0.3) is 5.91 Å². The van der Waals surface area contributed by atoms with E-state index in [1.165, 1.54) is 0 Å². The molecule has 2 aromatic rings. The zero-order valence-electron chi connectivity index (χ0n) is 10.7. The predicted molar refractivity (Wildman–Crippen MR) is 71.2 cm³/mol. The molecule has 19 heavy (non-hydrogen) atoms. The number of carbonyl (C=O) groups excluding carboxylic acids is 1. The first-order valence-corrected chi connectivity index (χ1v) is 5.91. The molecule has 0 atom stereocenters. The molecular formula is C11H13ClN6O. The molecule has 8 heteroatoms. The van der Waals surface area contributed by atoms with Crippen molar-refractivity contribution in [3.05, 3.63) is 34.4 Å². The maximum absolute atomic E-state index is 11.7. The average molecular weight is 281 g/mol. The second-order valence-corrected chi connectivity index (χ2v) is 4.48. The molecule has 0 bridgehead atoms. The smallest absolute Gasteiger partial charge is 0.282 e. The van der Waals surface area contributed by atoms with Gasteiger partial charge in [-0.25, -0.2) is 5.43 Å². The third-order valence-electron chi connectivity index (χ3n) is 2.39. The number of aromatic amines is 1. The van der Waals surface area contributed by atoms with Crippen molar-refractivity contribution >= 4 is 23.2 Å². The van der Waals surface area contributed by atoms with Crippen molar-refractivity contribution in [2.75, 3.05) is 0 Å². The second-order valence-electron chi connectivity index (χ2n) is 4.07. The lowest BCUT2D eigenvalue weighted by atomic mass is 10.3. The topological polar surface area (TPSA) is 88.0 Å². The van der Waals surface area contributed by atoms with Gasteiger partial charge in [0.1, 0.15) is 5.69 Å². The Bertz CT molecular complexity index is 641. The number of rotatable bonds is 3. The van der Waals surface area contributed by atoms with E-state index in [0.29, 0.717) is 16.4 Å². The summed E-state index contributed by atoms with van der Waals surface area (Å²) in [6.07, 6.45) is 1.66. The van der Waals surface area contributed by atoms with Crippen LogP contribution in [0.4, 0.5) is 0 Å². The third kappa shape index (κ3) is 3.00. The molecule has 2 aromatic heterocycles. The predicted octanol–water partition coefficient (Wildman–Crippen LogP) is 1.26. The number of hydrogen-bond acceptors (Lipinski definition) is 4. The molecule has 0 unspecified atom stereocenters. The van der Waals surface area contributed by atoms with Gasteiger partial charge in [0.2, 0.25) is 0 Å². The van der Waals surface area contributed by atoms with Crippen LogP contribution in [0, 0.1) is 6.92 Å². The molecule has 0 saturated carbocycles. The Balaban J connectivity index is 2.10. The molecule has 0 aliphatic heterocycles. The number of carbonyl (C=O) groups is 1. The maximum atomic E-state index is 11.7. The highest BCUT2D eigenvalue weighted by Gasteiger charge is 2.11. The lowest BCUT2D eigenvalue weighted by Crippen LogP contribution is -2.20. The summed E-state index contributed by atoms with van der Waals surface area (Å²) in [7, 11) is 1.76. The van der Waals surface area contributed by atoms with Crippen molar-refractivity contribution in [1.82, 2.24) is 25.4 Å². The molecule has 2 rings (SSSR count). The highest BCUT2D eigenvalue weighted by Crippen LogP contribution is 2.13. The Morgan fingerprint density at radius 2 is 2.32 bits per heavy atom. The van der Waals surface area contributed by atoms with Crippen molar-refractivity contribution in [2.45, 2.75) is 13.8 Å². The molecule has 0 saturated heterocycles. The van der Waals surface area contributed by atoms with Crippen LogP contribution in [0.1, 0.15) is 28.8 Å². The zero-order valence-corrected chi connectivity index (χ0v) is 11.5. The number of amides is 1. The van der Waals surface area contributed by atoms with Crippen molar-refractivity contribution in [2.24, 2.45) is 12.1 Å². The van der Waals surface area contributed by atoms with Gasteiger partial charge in [-0.15, -0.1) is 0 Å². The lowest BCUT2D eigenvalue weighted by Gasteiger charge is -1.98. The van der Waals surface area contributed by atoms with E-state index in [1.54, 1.807) is 30.9 Å². The molecule has 0 spiro atoms. The fourth-order valence-corrected chi connectivity index (χ4v) is 1.80. The Hall–Kier alpha value is -2.15. The third-order valence-corrected chi connectivity index (χ3v) is 2.67. The summed E-state index contributed by atoms with van der Waals surface area (Å²) >= 11 is 5.98. The van der Waals surface area contributed by atoms with Crippen LogP contribution in [0.3, 0.4) is 0 Å². The second kappa shape index (κ2) is 5.23. The first-order chi connectivity index (χ1) is 8.97. The molecule has 100 valence electrons. The normalized spacial score (nSPS) is 11.7. The zero-order chi connectivity index (χ0) is 14.0. The molecule has 2 N–H and O–H groups in total. The van der Waals surface area contributed by atoms with Crippen LogP contribution in [0.5, 0.6) is 0 Å². The summed E-state index contributed by atoms with van der Waals surface area (Å²) in [5, 5.41) is 15.1. The standard InChI is InChI=1S/C11H13ClN6O/c1-6-4-9(15-13-6)11(19)16-14-7(2)10-8(12)5-18(3)17-10/h4-5H,1-3H3,(H,13,15)(H,16,19)/b14-7-. The van der Waals surface area contributed by atoms with Crippen LogP contribution in [0.15, 0.2) is 17.4 Å². The highest BCUT2D eigenvalue weighted by atomic mass is 35.5. The number of halogens is 1. The van der Waals surface area contributed by atoms with Crippen LogP contribution in [-0.4, -0.2) is 31.6 Å². The van der Waals surface area contributed by atoms with Crippen LogP contribution in [-0.2, 0) is 7.05 Å². The Morgan fingerprint density at radius 1 is 1.58 bits per heavy atom. The van der Waals surface area contributed by atoms with Crippen molar-refractivity contribution in [3.8, 4) is 0 Å². The fraction of sp³-hybridized carbons (Fsp3) is 0.273. The maximum Gasteiger partial charge on any atom is 0.291 e. The van der Waals surface area contributed by atoms with E-state index < -0.39 is 5.91 Å². The van der Waals surface area contributed by atoms with E-state index >= 15 is 0 Å². The van der Waals surface area contributed by atoms with Gasteiger partial charge >= 0.3 is 0 Å². The van der Waals surface area contributed by atoms with Gasteiger partial charge in [-0.3, -0.25) is 14.6 Å². The lowest BCUT2D eigenvalue weighted by molar-refractivity contribution is 0.0950. The van der Waals surface area contributed by atoms with Crippen LogP contribution < -0.4 is 5.43 Å². The summed E-state index contributed by atoms with van der Waals surface area (Å²) in [6.45, 7) is 3.52. The van der Waals surface area contributed by atoms with Gasteiger partial charge < -0.3 is 0 Å². The average Bonchev–Trinajstić information content (AvgIpc) is 2.92. The van der Waals surface area contributed by atoms with Gasteiger partial charge in [0.05, 0.1) is 10.7 Å². The largest absolute Gasteiger partial charge is 0.291 e. The summed E-state index contributed by atoms with van der Waals surface area (Å²) < 4.78 is 1.58. The van der Waals surface area contributed by atoms with Crippen LogP contribution >= 0.6 is 11.6 Å². The van der Waals surface area contributed by atoms with E-state index in [0.717, 1.165) is 5.69 Å². The quantitative estimate of drug-likeness (QED) is 0.655. The van der Waals surface area contributed by atoms with Crippen molar-refractivity contribution in [1.29, 1.82) is 0 Å². The van der Waals surface area contributed by atoms with E-state index in [9.17, 15) is 4.79 Å². The summed E-state index contributed by atoms with van der Waals surface area (Å²) in [6, 6.07) is 1.63. The molecule has 0 fully saturated rings. The van der Waals surface area contributed by atoms with Crippen molar-refractivity contribution in [3.63, 3.8) is 0 Å². The minimum absolute atomic E-state index is 0.279. The van der Waals surface area contributed by atoms with Crippen LogP contribution in [0.25, 0.3) is 0 Å². The number of H-pyrrole nitrogens is 1. The van der Waals surface area contributed by atoms with Gasteiger partial charge in [-0.1, -0.05) is 11.6 Å². The number of aromatic nitrogens is 4. The van der Waals surface area contributed by atoms with Gasteiger partial charge in [-0.05, 0) is 19.9 Å². The summed E-state index contributed by atoms with van der Waals surface area (Å²) in [5.41, 5.74) is 4.54. The van der Waals surface area contributed by atoms with Gasteiger partial charge in [-0.2, -0.15) is 15.3 Å². The highest BCUT2D eigenvalue weighted by molar-refractivity contribution is 6.33. The van der Waals surface area contributed by atoms with Gasteiger partial charge in [0, 0.05) is 18.9 Å². The van der Waals surface area contributed by atoms with E-state index in [2.05, 4.69) is 25.8 Å². The molecule has 0 radical (unpaired) electrons. The van der Waals surface area contributed by atoms with E-state index in [-0.39, 0.29) is 5.69 Å². The number of nitrogens with zero attached hydrogens (tertiary/aromatic N) is 4. The monoisotopic (exact) mass is 280 g/mol. The minimum atomic E-state index is -0.393. The van der Waals surface area contributed by atoms with E-state index in [1.807, 2.05) is 6.92 Å². The number of aryl methyl sites for hydroxylation is 2. The molecule has 7 nitrogen and oxygen atoms in total. The minimum Gasteiger partial charge on any atom is -0.282 e. The Labute approximate surface area is 114 Å². The number of hydrazone groups is 1. The summed E-state index contributed by atoms with van der Waals surface area (Å²) in [4.78, 5) is 11.7. The molecule has 2 heterocycles. The van der Waals surface area contributed by atoms with E-state index in [4.69, 9.17) is 11.6 Å². The molecular weight excluding hydrogens is 268 g/mol. The Morgan fingerprint density at radius 3 is 2.84 bits per heavy atom. The Kier molecular flexibility index (Phi) is 3.66. The van der Waals surface area contributed by atoms with Crippen molar-refractivity contribution < 1.29 is 4.79 Å². The number of hydrogen-bond donors (Lipinski definition) is 2. The SMILES string of the molecule is C/C(=N/NC(=O)c1cc(C)[nH]n1)c1nn(C)cc1Cl.